The van der Waals surface area contributed by atoms with Crippen molar-refractivity contribution in [1.82, 2.24) is 5.43 Å². The summed E-state index contributed by atoms with van der Waals surface area (Å²) in [6.07, 6.45) is 0. The second kappa shape index (κ2) is 2.55. The summed E-state index contributed by atoms with van der Waals surface area (Å²) in [5, 5.41) is 7.70. The average molecular weight is 174 g/mol. The van der Waals surface area contributed by atoms with Gasteiger partial charge in [-0.2, -0.15) is 0 Å². The maximum absolute atomic E-state index is 4.02. The van der Waals surface area contributed by atoms with E-state index in [9.17, 15) is 0 Å². The lowest BCUT2D eigenvalue weighted by Gasteiger charge is -2.19. The van der Waals surface area contributed by atoms with Crippen LogP contribution in [0.5, 0.6) is 0 Å². The van der Waals surface area contributed by atoms with Crippen LogP contribution in [0.3, 0.4) is 0 Å². The van der Waals surface area contributed by atoms with Crippen molar-refractivity contribution in [3.63, 3.8) is 0 Å². The van der Waals surface area contributed by atoms with Crippen LogP contribution in [0.25, 0.3) is 0 Å². The highest BCUT2D eigenvalue weighted by Gasteiger charge is 2.22. The van der Waals surface area contributed by atoms with Crippen LogP contribution >= 0.6 is 0 Å². The summed E-state index contributed by atoms with van der Waals surface area (Å²) >= 11 is 0. The van der Waals surface area contributed by atoms with Gasteiger partial charge in [-0.15, -0.1) is 10.5 Å². The SMILES string of the molecule is CC(C)(C)c1cccc2c1N=N[N]2. The van der Waals surface area contributed by atoms with Crippen LogP contribution in [0.4, 0.5) is 11.4 Å². The molecule has 0 saturated carbocycles. The molecule has 1 radical (unpaired) electrons. The van der Waals surface area contributed by atoms with Gasteiger partial charge in [0, 0.05) is 0 Å². The van der Waals surface area contributed by atoms with Gasteiger partial charge in [-0.1, -0.05) is 32.9 Å². The predicted octanol–water partition coefficient (Wildman–Crippen LogP) is 3.23. The molecule has 3 nitrogen and oxygen atoms in total. The molecule has 13 heavy (non-hydrogen) atoms. The Morgan fingerprint density at radius 1 is 1.15 bits per heavy atom. The molecular formula is C10H12N3. The maximum Gasteiger partial charge on any atom is 0.119 e. The lowest BCUT2D eigenvalue weighted by molar-refractivity contribution is 0.591. The molecule has 0 aromatic heterocycles. The maximum atomic E-state index is 4.02. The molecule has 2 rings (SSSR count). The highest BCUT2D eigenvalue weighted by molar-refractivity contribution is 5.67. The van der Waals surface area contributed by atoms with Gasteiger partial charge in [-0.3, -0.25) is 0 Å². The van der Waals surface area contributed by atoms with Gasteiger partial charge in [0.15, 0.2) is 0 Å². The van der Waals surface area contributed by atoms with Crippen LogP contribution in [-0.2, 0) is 5.41 Å². The lowest BCUT2D eigenvalue weighted by atomic mass is 9.85. The summed E-state index contributed by atoms with van der Waals surface area (Å²) < 4.78 is 0. The van der Waals surface area contributed by atoms with Crippen LogP contribution in [0.15, 0.2) is 28.5 Å². The Hall–Kier alpha value is -1.38. The van der Waals surface area contributed by atoms with Crippen molar-refractivity contribution in [1.29, 1.82) is 0 Å². The van der Waals surface area contributed by atoms with E-state index in [1.807, 2.05) is 12.1 Å². The first-order chi connectivity index (χ1) is 6.09. The van der Waals surface area contributed by atoms with Gasteiger partial charge >= 0.3 is 0 Å². The van der Waals surface area contributed by atoms with Gasteiger partial charge in [0.1, 0.15) is 11.4 Å². The minimum absolute atomic E-state index is 0.101. The first-order valence-electron chi connectivity index (χ1n) is 4.34. The Morgan fingerprint density at radius 2 is 1.92 bits per heavy atom. The largest absolute Gasteiger partial charge is 0.128 e. The smallest absolute Gasteiger partial charge is 0.119 e. The van der Waals surface area contributed by atoms with E-state index < -0.39 is 0 Å². The third-order valence-electron chi connectivity index (χ3n) is 2.12. The van der Waals surface area contributed by atoms with Crippen molar-refractivity contribution < 1.29 is 0 Å². The van der Waals surface area contributed by atoms with E-state index in [0.29, 0.717) is 0 Å². The molecule has 0 atom stereocenters. The molecular weight excluding hydrogens is 162 g/mol. The van der Waals surface area contributed by atoms with E-state index >= 15 is 0 Å². The highest BCUT2D eigenvalue weighted by Crippen LogP contribution is 2.39. The second-order valence-electron chi connectivity index (χ2n) is 4.21. The first kappa shape index (κ1) is 8.23. The van der Waals surface area contributed by atoms with Gasteiger partial charge < -0.3 is 0 Å². The van der Waals surface area contributed by atoms with Crippen LogP contribution in [0.1, 0.15) is 26.3 Å². The third kappa shape index (κ3) is 1.30. The van der Waals surface area contributed by atoms with Crippen molar-refractivity contribution in [3.8, 4) is 0 Å². The van der Waals surface area contributed by atoms with Gasteiger partial charge in [-0.25, -0.2) is 0 Å². The molecule has 0 amide bonds. The molecule has 0 fully saturated rings. The molecule has 1 heterocycles. The predicted molar refractivity (Wildman–Crippen MR) is 51.5 cm³/mol. The fourth-order valence-electron chi connectivity index (χ4n) is 1.44. The van der Waals surface area contributed by atoms with Gasteiger partial charge in [0.2, 0.25) is 0 Å². The Bertz CT molecular complexity index is 361. The molecule has 67 valence electrons. The summed E-state index contributed by atoms with van der Waals surface area (Å²) in [6, 6.07) is 6.02. The molecule has 0 spiro atoms. The van der Waals surface area contributed by atoms with E-state index in [0.717, 1.165) is 11.4 Å². The van der Waals surface area contributed by atoms with E-state index in [1.54, 1.807) is 0 Å². The zero-order chi connectivity index (χ0) is 9.47. The molecule has 0 unspecified atom stereocenters. The first-order valence-corrected chi connectivity index (χ1v) is 4.34. The number of hydrogen-bond donors (Lipinski definition) is 0. The summed E-state index contributed by atoms with van der Waals surface area (Å²) in [5.41, 5.74) is 7.04. The highest BCUT2D eigenvalue weighted by atomic mass is 15.5. The van der Waals surface area contributed by atoms with Crippen LogP contribution in [0.2, 0.25) is 0 Å². The molecule has 0 N–H and O–H groups in total. The Morgan fingerprint density at radius 3 is 2.62 bits per heavy atom. The molecule has 3 heteroatoms. The number of rotatable bonds is 0. The van der Waals surface area contributed by atoms with Crippen molar-refractivity contribution in [2.24, 2.45) is 10.3 Å². The zero-order valence-electron chi connectivity index (χ0n) is 8.07. The standard InChI is InChI=1S/C10H12N3/c1-10(2,3)7-5-4-6-8-9(7)12-13-11-8/h4-6H,1-3H3. The molecule has 0 saturated heterocycles. The Labute approximate surface area is 77.9 Å². The minimum atomic E-state index is 0.101. The van der Waals surface area contributed by atoms with Crippen molar-refractivity contribution in [2.45, 2.75) is 26.2 Å². The van der Waals surface area contributed by atoms with Gasteiger partial charge in [0.25, 0.3) is 0 Å². The molecule has 1 aliphatic rings. The monoisotopic (exact) mass is 174 g/mol. The van der Waals surface area contributed by atoms with Gasteiger partial charge in [0.05, 0.1) is 0 Å². The van der Waals surface area contributed by atoms with Crippen LogP contribution in [0, 0.1) is 0 Å². The van der Waals surface area contributed by atoms with Crippen molar-refractivity contribution in [3.05, 3.63) is 23.8 Å². The number of fused-ring (bicyclic) bond motifs is 1. The van der Waals surface area contributed by atoms with Crippen LogP contribution < -0.4 is 5.43 Å². The van der Waals surface area contributed by atoms with E-state index in [2.05, 4.69) is 42.6 Å². The average Bonchev–Trinajstić information content (AvgIpc) is 2.48. The topological polar surface area (TPSA) is 38.8 Å². The fourth-order valence-corrected chi connectivity index (χ4v) is 1.44. The quantitative estimate of drug-likeness (QED) is 0.579. The summed E-state index contributed by atoms with van der Waals surface area (Å²) in [4.78, 5) is 0. The molecule has 0 aliphatic carbocycles. The van der Waals surface area contributed by atoms with E-state index in [1.165, 1.54) is 5.56 Å². The van der Waals surface area contributed by atoms with E-state index in [-0.39, 0.29) is 5.41 Å². The third-order valence-corrected chi connectivity index (χ3v) is 2.12. The number of benzene rings is 1. The summed E-state index contributed by atoms with van der Waals surface area (Å²) in [7, 11) is 0. The Balaban J connectivity index is 2.59. The number of nitrogens with zero attached hydrogens (tertiary/aromatic N) is 3. The zero-order valence-corrected chi connectivity index (χ0v) is 8.07. The second-order valence-corrected chi connectivity index (χ2v) is 4.21. The fraction of sp³-hybridized carbons (Fsp3) is 0.400. The molecule has 1 aromatic carbocycles. The minimum Gasteiger partial charge on any atom is -0.128 e. The van der Waals surface area contributed by atoms with E-state index in [4.69, 9.17) is 0 Å². The summed E-state index contributed by atoms with van der Waals surface area (Å²) in [6.45, 7) is 6.49. The van der Waals surface area contributed by atoms with Gasteiger partial charge in [-0.05, 0) is 22.3 Å². The Kier molecular flexibility index (Phi) is 1.62. The number of hydrogen-bond acceptors (Lipinski definition) is 2. The van der Waals surface area contributed by atoms with Crippen LogP contribution in [-0.4, -0.2) is 0 Å². The summed E-state index contributed by atoms with van der Waals surface area (Å²) in [5.74, 6) is 0. The van der Waals surface area contributed by atoms with Crippen molar-refractivity contribution in [2.75, 3.05) is 0 Å². The lowest BCUT2D eigenvalue weighted by Crippen LogP contribution is -2.10. The molecule has 1 aliphatic heterocycles. The van der Waals surface area contributed by atoms with Crippen molar-refractivity contribution >= 4 is 11.4 Å². The molecule has 1 aromatic rings. The molecule has 0 bridgehead atoms. The normalized spacial score (nSPS) is 14.1.